The minimum absolute atomic E-state index is 0.142. The Balaban J connectivity index is 1.78. The van der Waals surface area contributed by atoms with Gasteiger partial charge in [-0.3, -0.25) is 0 Å². The van der Waals surface area contributed by atoms with E-state index in [4.69, 9.17) is 14.0 Å². The van der Waals surface area contributed by atoms with E-state index in [0.29, 0.717) is 18.3 Å². The van der Waals surface area contributed by atoms with Crippen LogP contribution in [0.1, 0.15) is 37.3 Å². The lowest BCUT2D eigenvalue weighted by Gasteiger charge is -2.24. The Hall–Kier alpha value is -2.08. The van der Waals surface area contributed by atoms with Crippen molar-refractivity contribution in [1.82, 2.24) is 10.1 Å². The van der Waals surface area contributed by atoms with Crippen molar-refractivity contribution in [3.63, 3.8) is 0 Å². The fourth-order valence-electron chi connectivity index (χ4n) is 2.21. The first-order chi connectivity index (χ1) is 9.81. The average Bonchev–Trinajstić information content (AvgIpc) is 2.98. The van der Waals surface area contributed by atoms with Crippen molar-refractivity contribution in [1.29, 1.82) is 0 Å². The molecule has 1 N–H and O–H groups in total. The van der Waals surface area contributed by atoms with Gasteiger partial charge in [-0.2, -0.15) is 4.98 Å². The normalized spacial score (nSPS) is 18.8. The van der Waals surface area contributed by atoms with E-state index in [9.17, 15) is 0 Å². The number of aromatic nitrogens is 2. The van der Waals surface area contributed by atoms with Crippen molar-refractivity contribution in [3.05, 3.63) is 36.0 Å². The van der Waals surface area contributed by atoms with E-state index >= 15 is 0 Å². The van der Waals surface area contributed by atoms with Crippen LogP contribution in [0.3, 0.4) is 0 Å². The van der Waals surface area contributed by atoms with E-state index in [1.165, 1.54) is 0 Å². The fraction of sp³-hybridized carbons (Fsp3) is 0.429. The number of anilines is 1. The minimum atomic E-state index is -0.277. The number of methoxy groups -OCH3 is 1. The van der Waals surface area contributed by atoms with Gasteiger partial charge in [0.1, 0.15) is 11.9 Å². The number of nitrogens with one attached hydrogen (secondary N) is 1. The summed E-state index contributed by atoms with van der Waals surface area (Å²) in [6.45, 7) is 2.61. The highest BCUT2D eigenvalue weighted by atomic mass is 16.5. The Morgan fingerprint density at radius 2 is 2.30 bits per heavy atom. The van der Waals surface area contributed by atoms with Crippen molar-refractivity contribution >= 4 is 5.69 Å². The molecule has 1 aliphatic heterocycles. The first-order valence-electron chi connectivity index (χ1n) is 6.67. The van der Waals surface area contributed by atoms with Gasteiger partial charge in [-0.15, -0.1) is 0 Å². The molecular weight excluding hydrogens is 258 g/mol. The standard InChI is InChI=1S/C14H17N3O3/c1-3-10(18-2)13-16-14(20-17-13)12-8-15-9-6-4-5-7-11(9)19-12/h4-7,10,12,15H,3,8H2,1-2H3. The number of ether oxygens (including phenoxy) is 2. The van der Waals surface area contributed by atoms with Crippen molar-refractivity contribution in [2.24, 2.45) is 0 Å². The minimum Gasteiger partial charge on any atom is -0.477 e. The molecule has 0 bridgehead atoms. The summed E-state index contributed by atoms with van der Waals surface area (Å²) in [5.41, 5.74) is 0.979. The molecule has 1 aromatic carbocycles. The summed E-state index contributed by atoms with van der Waals surface area (Å²) in [6.07, 6.45) is 0.374. The second kappa shape index (κ2) is 5.50. The van der Waals surface area contributed by atoms with Crippen LogP contribution in [-0.4, -0.2) is 23.8 Å². The number of hydrogen-bond acceptors (Lipinski definition) is 6. The molecule has 1 aliphatic rings. The molecule has 0 fully saturated rings. The molecule has 0 spiro atoms. The molecule has 0 aliphatic carbocycles. The quantitative estimate of drug-likeness (QED) is 0.925. The first kappa shape index (κ1) is 12.9. The summed E-state index contributed by atoms with van der Waals surface area (Å²) in [7, 11) is 1.64. The molecule has 2 heterocycles. The van der Waals surface area contributed by atoms with E-state index in [2.05, 4.69) is 15.5 Å². The van der Waals surface area contributed by atoms with Gasteiger partial charge < -0.3 is 19.3 Å². The van der Waals surface area contributed by atoms with Gasteiger partial charge in [0.25, 0.3) is 5.89 Å². The van der Waals surface area contributed by atoms with Crippen LogP contribution in [0, 0.1) is 0 Å². The first-order valence-corrected chi connectivity index (χ1v) is 6.67. The second-order valence-electron chi connectivity index (χ2n) is 4.61. The topological polar surface area (TPSA) is 69.4 Å². The van der Waals surface area contributed by atoms with E-state index in [-0.39, 0.29) is 12.2 Å². The molecule has 6 nitrogen and oxygen atoms in total. The molecule has 2 atom stereocenters. The van der Waals surface area contributed by atoms with Gasteiger partial charge in [0.15, 0.2) is 6.10 Å². The monoisotopic (exact) mass is 275 g/mol. The molecule has 1 aromatic heterocycles. The Bertz CT molecular complexity index is 581. The number of rotatable bonds is 4. The summed E-state index contributed by atoms with van der Waals surface area (Å²) < 4.78 is 16.5. The molecule has 0 radical (unpaired) electrons. The van der Waals surface area contributed by atoms with E-state index in [1.807, 2.05) is 31.2 Å². The Labute approximate surface area is 117 Å². The maximum absolute atomic E-state index is 5.88. The highest BCUT2D eigenvalue weighted by Gasteiger charge is 2.27. The van der Waals surface area contributed by atoms with Gasteiger partial charge in [0, 0.05) is 7.11 Å². The van der Waals surface area contributed by atoms with Crippen molar-refractivity contribution in [3.8, 4) is 5.75 Å². The molecule has 0 saturated carbocycles. The van der Waals surface area contributed by atoms with Gasteiger partial charge >= 0.3 is 0 Å². The van der Waals surface area contributed by atoms with Gasteiger partial charge in [-0.25, -0.2) is 0 Å². The third-order valence-electron chi connectivity index (χ3n) is 3.31. The van der Waals surface area contributed by atoms with E-state index in [0.717, 1.165) is 17.9 Å². The number of nitrogens with zero attached hydrogens (tertiary/aromatic N) is 2. The fourth-order valence-corrected chi connectivity index (χ4v) is 2.21. The SMILES string of the molecule is CCC(OC)c1noc(C2CNc3ccccc3O2)n1. The maximum atomic E-state index is 5.88. The van der Waals surface area contributed by atoms with Crippen LogP contribution in [0.25, 0.3) is 0 Å². The summed E-state index contributed by atoms with van der Waals surface area (Å²) in [5, 5.41) is 7.26. The number of benzene rings is 1. The lowest BCUT2D eigenvalue weighted by molar-refractivity contribution is 0.0902. The van der Waals surface area contributed by atoms with Crippen LogP contribution in [-0.2, 0) is 4.74 Å². The van der Waals surface area contributed by atoms with Crippen molar-refractivity contribution < 1.29 is 14.0 Å². The Morgan fingerprint density at radius 3 is 3.10 bits per heavy atom. The summed E-state index contributed by atoms with van der Waals surface area (Å²) >= 11 is 0. The van der Waals surface area contributed by atoms with Gasteiger partial charge in [0.05, 0.1) is 12.2 Å². The molecule has 6 heteroatoms. The second-order valence-corrected chi connectivity index (χ2v) is 4.61. The lowest BCUT2D eigenvalue weighted by Crippen LogP contribution is -2.23. The largest absolute Gasteiger partial charge is 0.477 e. The third kappa shape index (κ3) is 2.34. The molecular formula is C14H17N3O3. The predicted molar refractivity (Wildman–Crippen MR) is 72.6 cm³/mol. The number of hydrogen-bond donors (Lipinski definition) is 1. The van der Waals surface area contributed by atoms with Crippen LogP contribution in [0.15, 0.2) is 28.8 Å². The molecule has 0 saturated heterocycles. The summed E-state index contributed by atoms with van der Waals surface area (Å²) in [4.78, 5) is 4.38. The zero-order valence-electron chi connectivity index (χ0n) is 11.5. The molecule has 106 valence electrons. The predicted octanol–water partition coefficient (Wildman–Crippen LogP) is 2.71. The van der Waals surface area contributed by atoms with Gasteiger partial charge in [0.2, 0.25) is 5.82 Å². The average molecular weight is 275 g/mol. The maximum Gasteiger partial charge on any atom is 0.269 e. The lowest BCUT2D eigenvalue weighted by atomic mass is 10.2. The van der Waals surface area contributed by atoms with Crippen LogP contribution in [0.4, 0.5) is 5.69 Å². The number of fused-ring (bicyclic) bond motifs is 1. The van der Waals surface area contributed by atoms with Crippen LogP contribution in [0.2, 0.25) is 0 Å². The zero-order valence-corrected chi connectivity index (χ0v) is 11.5. The molecule has 2 unspecified atom stereocenters. The van der Waals surface area contributed by atoms with E-state index < -0.39 is 0 Å². The Kier molecular flexibility index (Phi) is 3.56. The zero-order chi connectivity index (χ0) is 13.9. The van der Waals surface area contributed by atoms with E-state index in [1.54, 1.807) is 7.11 Å². The summed E-state index contributed by atoms with van der Waals surface area (Å²) in [6, 6.07) is 7.78. The summed E-state index contributed by atoms with van der Waals surface area (Å²) in [5.74, 6) is 1.83. The smallest absolute Gasteiger partial charge is 0.269 e. The number of para-hydroxylation sites is 2. The highest BCUT2D eigenvalue weighted by Crippen LogP contribution is 2.33. The van der Waals surface area contributed by atoms with Crippen LogP contribution < -0.4 is 10.1 Å². The Morgan fingerprint density at radius 1 is 1.45 bits per heavy atom. The van der Waals surface area contributed by atoms with Crippen LogP contribution in [0.5, 0.6) is 5.75 Å². The highest BCUT2D eigenvalue weighted by molar-refractivity contribution is 5.57. The van der Waals surface area contributed by atoms with Gasteiger partial charge in [-0.1, -0.05) is 24.2 Å². The van der Waals surface area contributed by atoms with Crippen molar-refractivity contribution in [2.45, 2.75) is 25.6 Å². The molecule has 2 aromatic rings. The molecule has 0 amide bonds. The third-order valence-corrected chi connectivity index (χ3v) is 3.31. The molecule has 3 rings (SSSR count). The van der Waals surface area contributed by atoms with Crippen LogP contribution >= 0.6 is 0 Å². The van der Waals surface area contributed by atoms with Crippen molar-refractivity contribution in [2.75, 3.05) is 19.0 Å². The van der Waals surface area contributed by atoms with Gasteiger partial charge in [-0.05, 0) is 18.6 Å². The molecule has 20 heavy (non-hydrogen) atoms.